The maximum atomic E-state index is 6.11. The average molecular weight is 372 g/mol. The molecule has 112 valence electrons. The van der Waals surface area contributed by atoms with E-state index in [0.717, 1.165) is 23.1 Å². The Balaban J connectivity index is 2.20. The minimum atomic E-state index is 0.539. The molecule has 2 rings (SSSR count). The van der Waals surface area contributed by atoms with Crippen molar-refractivity contribution in [3.05, 3.63) is 33.9 Å². The summed E-state index contributed by atoms with van der Waals surface area (Å²) in [5.41, 5.74) is 0.821. The second-order valence-corrected chi connectivity index (χ2v) is 5.55. The van der Waals surface area contributed by atoms with Crippen LogP contribution in [0.25, 0.3) is 0 Å². The number of aromatic nitrogens is 2. The third kappa shape index (κ3) is 4.22. The zero-order valence-corrected chi connectivity index (χ0v) is 14.1. The third-order valence-electron chi connectivity index (χ3n) is 2.69. The Bertz CT molecular complexity index is 624. The highest BCUT2D eigenvalue weighted by atomic mass is 79.9. The molecule has 2 aromatic rings. The number of hydrogen-bond acceptors (Lipinski definition) is 5. The van der Waals surface area contributed by atoms with E-state index in [9.17, 15) is 0 Å². The van der Waals surface area contributed by atoms with Gasteiger partial charge in [0, 0.05) is 18.4 Å². The van der Waals surface area contributed by atoms with Gasteiger partial charge in [-0.05, 0) is 40.5 Å². The Kier molecular flexibility index (Phi) is 5.64. The first kappa shape index (κ1) is 15.9. The Hall–Kier alpha value is -1.53. The first-order valence-corrected chi connectivity index (χ1v) is 7.68. The van der Waals surface area contributed by atoms with Gasteiger partial charge < -0.3 is 15.4 Å². The maximum Gasteiger partial charge on any atom is 0.224 e. The van der Waals surface area contributed by atoms with Gasteiger partial charge in [0.2, 0.25) is 5.95 Å². The number of nitrogens with zero attached hydrogens (tertiary/aromatic N) is 2. The van der Waals surface area contributed by atoms with Crippen LogP contribution in [0.3, 0.4) is 0 Å². The molecule has 0 aliphatic carbocycles. The van der Waals surface area contributed by atoms with E-state index in [-0.39, 0.29) is 0 Å². The molecule has 0 saturated carbocycles. The highest BCUT2D eigenvalue weighted by Crippen LogP contribution is 2.30. The molecule has 0 atom stereocenters. The molecule has 1 aromatic carbocycles. The largest absolute Gasteiger partial charge is 0.495 e. The zero-order chi connectivity index (χ0) is 15.2. The number of halogens is 2. The molecule has 0 fully saturated rings. The first-order valence-electron chi connectivity index (χ1n) is 6.51. The van der Waals surface area contributed by atoms with Crippen LogP contribution in [0.15, 0.2) is 28.9 Å². The highest BCUT2D eigenvalue weighted by Gasteiger charge is 2.07. The van der Waals surface area contributed by atoms with Gasteiger partial charge in [-0.15, -0.1) is 0 Å². The lowest BCUT2D eigenvalue weighted by Crippen LogP contribution is -2.06. The fraction of sp³-hybridized carbons (Fsp3) is 0.286. The molecule has 21 heavy (non-hydrogen) atoms. The van der Waals surface area contributed by atoms with Crippen molar-refractivity contribution in [1.29, 1.82) is 0 Å². The fourth-order valence-electron chi connectivity index (χ4n) is 1.66. The standard InChI is InChI=1S/C14H16BrClN4O/c1-3-6-17-14-18-8-10(15)13(20-14)19-9-4-5-12(21-2)11(16)7-9/h4-5,7-8H,3,6H2,1-2H3,(H2,17,18,19,20). The lowest BCUT2D eigenvalue weighted by Gasteiger charge is -2.11. The number of anilines is 3. The molecule has 5 nitrogen and oxygen atoms in total. The monoisotopic (exact) mass is 370 g/mol. The topological polar surface area (TPSA) is 59.1 Å². The van der Waals surface area contributed by atoms with Crippen LogP contribution in [-0.2, 0) is 0 Å². The second kappa shape index (κ2) is 7.47. The van der Waals surface area contributed by atoms with Crippen molar-refractivity contribution < 1.29 is 4.74 Å². The lowest BCUT2D eigenvalue weighted by molar-refractivity contribution is 0.415. The molecule has 0 radical (unpaired) electrons. The van der Waals surface area contributed by atoms with Gasteiger partial charge in [0.15, 0.2) is 0 Å². The number of hydrogen-bond donors (Lipinski definition) is 2. The van der Waals surface area contributed by atoms with E-state index in [1.807, 2.05) is 6.07 Å². The molecule has 0 bridgehead atoms. The van der Waals surface area contributed by atoms with Crippen LogP contribution < -0.4 is 15.4 Å². The van der Waals surface area contributed by atoms with Crippen molar-refractivity contribution in [2.45, 2.75) is 13.3 Å². The summed E-state index contributed by atoms with van der Waals surface area (Å²) in [5, 5.41) is 6.89. The van der Waals surface area contributed by atoms with Gasteiger partial charge in [-0.25, -0.2) is 4.98 Å². The van der Waals surface area contributed by atoms with Crippen molar-refractivity contribution in [2.75, 3.05) is 24.3 Å². The molecule has 0 saturated heterocycles. The Morgan fingerprint density at radius 2 is 2.19 bits per heavy atom. The number of methoxy groups -OCH3 is 1. The third-order valence-corrected chi connectivity index (χ3v) is 3.57. The molecular formula is C14H16BrClN4O. The number of rotatable bonds is 6. The summed E-state index contributed by atoms with van der Waals surface area (Å²) < 4.78 is 5.91. The van der Waals surface area contributed by atoms with Gasteiger partial charge >= 0.3 is 0 Å². The van der Waals surface area contributed by atoms with E-state index < -0.39 is 0 Å². The predicted octanol–water partition coefficient (Wildman–Crippen LogP) is 4.47. The lowest BCUT2D eigenvalue weighted by atomic mass is 10.3. The normalized spacial score (nSPS) is 10.3. The maximum absolute atomic E-state index is 6.11. The SMILES string of the molecule is CCCNc1ncc(Br)c(Nc2ccc(OC)c(Cl)c2)n1. The molecule has 0 unspecified atom stereocenters. The van der Waals surface area contributed by atoms with Crippen molar-refractivity contribution >= 4 is 45.0 Å². The highest BCUT2D eigenvalue weighted by molar-refractivity contribution is 9.10. The Labute approximate surface area is 137 Å². The van der Waals surface area contributed by atoms with Crippen LogP contribution in [0.1, 0.15) is 13.3 Å². The quantitative estimate of drug-likeness (QED) is 0.784. The summed E-state index contributed by atoms with van der Waals surface area (Å²) in [6.45, 7) is 2.92. The van der Waals surface area contributed by atoms with Gasteiger partial charge in [0.25, 0.3) is 0 Å². The summed E-state index contributed by atoms with van der Waals surface area (Å²) in [6.07, 6.45) is 2.72. The van der Waals surface area contributed by atoms with Crippen molar-refractivity contribution in [2.24, 2.45) is 0 Å². The van der Waals surface area contributed by atoms with Crippen LogP contribution in [0, 0.1) is 0 Å². The van der Waals surface area contributed by atoms with Crippen molar-refractivity contribution in [1.82, 2.24) is 9.97 Å². The minimum Gasteiger partial charge on any atom is -0.495 e. The fourth-order valence-corrected chi connectivity index (χ4v) is 2.21. The number of benzene rings is 1. The van der Waals surface area contributed by atoms with Gasteiger partial charge in [0.1, 0.15) is 11.6 Å². The van der Waals surface area contributed by atoms with Crippen molar-refractivity contribution in [3.8, 4) is 5.75 Å². The molecule has 0 aliphatic heterocycles. The predicted molar refractivity (Wildman–Crippen MR) is 89.8 cm³/mol. The summed E-state index contributed by atoms with van der Waals surface area (Å²) in [5.74, 6) is 1.89. The molecule has 1 aromatic heterocycles. The van der Waals surface area contributed by atoms with E-state index in [1.165, 1.54) is 0 Å². The Morgan fingerprint density at radius 3 is 2.86 bits per heavy atom. The smallest absolute Gasteiger partial charge is 0.224 e. The zero-order valence-electron chi connectivity index (χ0n) is 11.8. The molecule has 0 spiro atoms. The number of nitrogens with one attached hydrogen (secondary N) is 2. The van der Waals surface area contributed by atoms with Crippen LogP contribution >= 0.6 is 27.5 Å². The van der Waals surface area contributed by atoms with Gasteiger partial charge in [-0.2, -0.15) is 4.98 Å². The molecule has 7 heteroatoms. The second-order valence-electron chi connectivity index (χ2n) is 4.29. The van der Waals surface area contributed by atoms with E-state index in [4.69, 9.17) is 16.3 Å². The summed E-state index contributed by atoms with van der Waals surface area (Å²) in [7, 11) is 1.58. The van der Waals surface area contributed by atoms with Crippen LogP contribution in [-0.4, -0.2) is 23.6 Å². The van der Waals surface area contributed by atoms with Crippen molar-refractivity contribution in [3.63, 3.8) is 0 Å². The molecule has 0 amide bonds. The summed E-state index contributed by atoms with van der Waals surface area (Å²) in [6, 6.07) is 5.46. The van der Waals surface area contributed by atoms with Gasteiger partial charge in [0.05, 0.1) is 16.6 Å². The average Bonchev–Trinajstić information content (AvgIpc) is 2.48. The minimum absolute atomic E-state index is 0.539. The molecule has 2 N–H and O–H groups in total. The molecule has 1 heterocycles. The summed E-state index contributed by atoms with van der Waals surface area (Å²) >= 11 is 9.54. The van der Waals surface area contributed by atoms with Crippen LogP contribution in [0.2, 0.25) is 5.02 Å². The molecular weight excluding hydrogens is 356 g/mol. The Morgan fingerprint density at radius 1 is 1.38 bits per heavy atom. The van der Waals surface area contributed by atoms with Crippen LogP contribution in [0.4, 0.5) is 17.5 Å². The van der Waals surface area contributed by atoms with Crippen LogP contribution in [0.5, 0.6) is 5.75 Å². The van der Waals surface area contributed by atoms with E-state index in [1.54, 1.807) is 25.4 Å². The first-order chi connectivity index (χ1) is 10.1. The molecule has 0 aliphatic rings. The van der Waals surface area contributed by atoms with E-state index in [2.05, 4.69) is 43.5 Å². The van der Waals surface area contributed by atoms with Gasteiger partial charge in [-0.1, -0.05) is 18.5 Å². The van der Waals surface area contributed by atoms with Gasteiger partial charge in [-0.3, -0.25) is 0 Å². The van der Waals surface area contributed by atoms with E-state index >= 15 is 0 Å². The number of ether oxygens (including phenoxy) is 1. The van der Waals surface area contributed by atoms with E-state index in [0.29, 0.717) is 22.5 Å². The summed E-state index contributed by atoms with van der Waals surface area (Å²) in [4.78, 5) is 8.63.